The van der Waals surface area contributed by atoms with Gasteiger partial charge in [0.2, 0.25) is 5.88 Å². The first-order valence-electron chi connectivity index (χ1n) is 8.09. The lowest BCUT2D eigenvalue weighted by Crippen LogP contribution is -2.04. The van der Waals surface area contributed by atoms with Crippen molar-refractivity contribution >= 4 is 29.4 Å². The van der Waals surface area contributed by atoms with E-state index in [1.165, 1.54) is 7.11 Å². The summed E-state index contributed by atoms with van der Waals surface area (Å²) in [6, 6.07) is 6.97. The van der Waals surface area contributed by atoms with Crippen LogP contribution in [0.2, 0.25) is 0 Å². The zero-order valence-electron chi connectivity index (χ0n) is 14.1. The summed E-state index contributed by atoms with van der Waals surface area (Å²) >= 11 is -0.864. The fraction of sp³-hybridized carbons (Fsp3) is 0.412. The molecule has 1 aromatic carbocycles. The lowest BCUT2D eigenvalue weighted by Gasteiger charge is -2.09. The summed E-state index contributed by atoms with van der Waals surface area (Å²) in [4.78, 5) is 27.0. The van der Waals surface area contributed by atoms with E-state index in [4.69, 9.17) is 14.3 Å². The van der Waals surface area contributed by atoms with Crippen LogP contribution in [0.15, 0.2) is 30.1 Å². The van der Waals surface area contributed by atoms with Crippen LogP contribution >= 0.6 is 11.4 Å². The van der Waals surface area contributed by atoms with Crippen molar-refractivity contribution in [1.29, 1.82) is 0 Å². The number of unbranched alkanes of at least 4 members (excludes halogenated alkanes) is 3. The maximum atomic E-state index is 11.4. The van der Waals surface area contributed by atoms with Crippen molar-refractivity contribution in [2.24, 2.45) is 0 Å². The van der Waals surface area contributed by atoms with Crippen molar-refractivity contribution in [3.8, 4) is 0 Å². The number of esters is 1. The van der Waals surface area contributed by atoms with Gasteiger partial charge in [0.1, 0.15) is 0 Å². The zero-order valence-corrected chi connectivity index (χ0v) is 15.0. The van der Waals surface area contributed by atoms with Crippen LogP contribution in [0.25, 0.3) is 6.08 Å². The number of carbonyl (C=O) groups excluding carboxylic acids is 1. The summed E-state index contributed by atoms with van der Waals surface area (Å²) in [5.41, 5.74) is 1.37. The van der Waals surface area contributed by atoms with Gasteiger partial charge in [-0.1, -0.05) is 25.0 Å². The van der Waals surface area contributed by atoms with Gasteiger partial charge in [0.05, 0.1) is 12.7 Å². The van der Waals surface area contributed by atoms with E-state index < -0.39 is 17.3 Å². The Morgan fingerprint density at radius 1 is 1.20 bits per heavy atom. The zero-order chi connectivity index (χ0) is 18.1. The normalized spacial score (nSPS) is 19.2. The van der Waals surface area contributed by atoms with Crippen LogP contribution in [0.4, 0.5) is 0 Å². The second kappa shape index (κ2) is 9.95. The molecule has 1 aromatic rings. The Hall–Kier alpha value is -2.19. The second-order valence-corrected chi connectivity index (χ2v) is 7.13. The molecule has 0 radical (unpaired) electrons. The highest BCUT2D eigenvalue weighted by Gasteiger charge is 2.17. The number of hydrogen-bond acceptors (Lipinski definition) is 6. The molecule has 2 rings (SSSR count). The molecule has 1 unspecified atom stereocenters. The molecule has 25 heavy (non-hydrogen) atoms. The highest BCUT2D eigenvalue weighted by Crippen LogP contribution is 2.33. The molecule has 0 aliphatic carbocycles. The van der Waals surface area contributed by atoms with Crippen LogP contribution in [-0.4, -0.2) is 29.9 Å². The van der Waals surface area contributed by atoms with E-state index in [1.54, 1.807) is 30.3 Å². The molecule has 138 valence electrons. The Kier molecular flexibility index (Phi) is 7.62. The molecule has 0 saturated carbocycles. The first-order chi connectivity index (χ1) is 12.1. The minimum absolute atomic E-state index is 0.230. The Labute approximate surface area is 149 Å². The van der Waals surface area contributed by atoms with Gasteiger partial charge >= 0.3 is 11.9 Å². The molecule has 0 aromatic heterocycles. The second-order valence-electron chi connectivity index (χ2n) is 5.55. The van der Waals surface area contributed by atoms with E-state index in [0.717, 1.165) is 30.6 Å². The number of carbonyl (C=O) groups is 2. The van der Waals surface area contributed by atoms with Crippen molar-refractivity contribution in [2.75, 3.05) is 12.9 Å². The molecule has 1 aliphatic heterocycles. The van der Waals surface area contributed by atoms with Gasteiger partial charge in [0, 0.05) is 18.2 Å². The molecule has 7 nitrogen and oxygen atoms in total. The molecule has 0 amide bonds. The summed E-state index contributed by atoms with van der Waals surface area (Å²) in [6.45, 7) is 0. The van der Waals surface area contributed by atoms with E-state index in [1.807, 2.05) is 0 Å². The summed E-state index contributed by atoms with van der Waals surface area (Å²) in [5, 5.41) is 8.58. The molecular weight excluding hydrogens is 346 g/mol. The summed E-state index contributed by atoms with van der Waals surface area (Å²) in [6.07, 6.45) is 5.59. The third-order valence-electron chi connectivity index (χ3n) is 3.58. The number of methoxy groups -OCH3 is 1. The topological polar surface area (TPSA) is 94.1 Å². The third kappa shape index (κ3) is 6.67. The van der Waals surface area contributed by atoms with Gasteiger partial charge in [-0.15, -0.1) is 4.33 Å². The molecule has 8 heteroatoms. The number of hydrogen-bond donors (Lipinski definition) is 3. The Balaban J connectivity index is 1.71. The first kappa shape index (κ1) is 19.1. The van der Waals surface area contributed by atoms with Gasteiger partial charge in [-0.05, 0) is 41.9 Å². The number of thiol groups is 1. The predicted octanol–water partition coefficient (Wildman–Crippen LogP) is 3.19. The molecule has 2 N–H and O–H groups in total. The van der Waals surface area contributed by atoms with E-state index in [-0.39, 0.29) is 12.4 Å². The van der Waals surface area contributed by atoms with Crippen molar-refractivity contribution < 1.29 is 28.7 Å². The molecule has 1 fully saturated rings. The third-order valence-corrected chi connectivity index (χ3v) is 5.03. The summed E-state index contributed by atoms with van der Waals surface area (Å²) in [7, 11) is 1.35. The molecule has 1 saturated heterocycles. The Bertz CT molecular complexity index is 616. The monoisotopic (exact) mass is 369 g/mol. The predicted molar refractivity (Wildman–Crippen MR) is 95.6 cm³/mol. The SMILES string of the molecule is COC(=O)c1ccc(/C=C2/N[SH](CCCCCCC(=O)O)OO2)cc1. The van der Waals surface area contributed by atoms with Gasteiger partial charge in [0.15, 0.2) is 0 Å². The van der Waals surface area contributed by atoms with Crippen LogP contribution in [0.5, 0.6) is 0 Å². The lowest BCUT2D eigenvalue weighted by molar-refractivity contribution is -0.137. The van der Waals surface area contributed by atoms with Gasteiger partial charge in [-0.25, -0.2) is 4.79 Å². The van der Waals surface area contributed by atoms with Crippen LogP contribution in [0, 0.1) is 0 Å². The number of carboxylic acid groups (broad SMARTS) is 1. The lowest BCUT2D eigenvalue weighted by atomic mass is 10.1. The van der Waals surface area contributed by atoms with Crippen molar-refractivity contribution in [3.63, 3.8) is 0 Å². The molecule has 1 atom stereocenters. The van der Waals surface area contributed by atoms with Crippen LogP contribution in [0.1, 0.15) is 48.0 Å². The summed E-state index contributed by atoms with van der Waals surface area (Å²) in [5.74, 6) is 0.279. The Morgan fingerprint density at radius 3 is 2.60 bits per heavy atom. The molecular formula is C17H23NO6S. The van der Waals surface area contributed by atoms with Gasteiger partial charge in [-0.2, -0.15) is 0 Å². The van der Waals surface area contributed by atoms with E-state index >= 15 is 0 Å². The summed E-state index contributed by atoms with van der Waals surface area (Å²) < 4.78 is 13.1. The van der Waals surface area contributed by atoms with Crippen LogP contribution in [-0.2, 0) is 18.8 Å². The smallest absolute Gasteiger partial charge is 0.337 e. The number of ether oxygens (including phenoxy) is 1. The van der Waals surface area contributed by atoms with Gasteiger partial charge < -0.3 is 14.7 Å². The largest absolute Gasteiger partial charge is 0.481 e. The molecule has 0 spiro atoms. The highest BCUT2D eigenvalue weighted by molar-refractivity contribution is 8.11. The number of aliphatic carboxylic acids is 1. The minimum Gasteiger partial charge on any atom is -0.481 e. The highest BCUT2D eigenvalue weighted by atomic mass is 32.2. The number of nitrogens with one attached hydrogen (secondary N) is 1. The number of benzene rings is 1. The van der Waals surface area contributed by atoms with Crippen molar-refractivity contribution in [3.05, 3.63) is 41.3 Å². The average molecular weight is 369 g/mol. The quantitative estimate of drug-likeness (QED) is 0.266. The molecule has 0 bridgehead atoms. The van der Waals surface area contributed by atoms with Crippen molar-refractivity contribution in [1.82, 2.24) is 4.72 Å². The average Bonchev–Trinajstić information content (AvgIpc) is 3.05. The van der Waals surface area contributed by atoms with Crippen LogP contribution < -0.4 is 4.72 Å². The fourth-order valence-electron chi connectivity index (χ4n) is 2.26. The maximum absolute atomic E-state index is 11.4. The fourth-order valence-corrected chi connectivity index (χ4v) is 3.52. The minimum atomic E-state index is -0.864. The molecule has 1 aliphatic rings. The van der Waals surface area contributed by atoms with E-state index in [0.29, 0.717) is 17.9 Å². The first-order valence-corrected chi connectivity index (χ1v) is 9.53. The Morgan fingerprint density at radius 2 is 1.92 bits per heavy atom. The number of rotatable bonds is 9. The standard InChI is InChI=1S/C17H23NO6S/c1-22-17(21)14-9-7-13(8-10-14)12-15-18-25(24-23-15)11-5-3-2-4-6-16(19)20/h7-10,12,18,25H,2-6,11H2,1H3,(H,19,20)/b15-12-. The van der Waals surface area contributed by atoms with Crippen LogP contribution in [0.3, 0.4) is 0 Å². The number of carboxylic acids is 1. The van der Waals surface area contributed by atoms with E-state index in [9.17, 15) is 9.59 Å². The molecule has 1 heterocycles. The van der Waals surface area contributed by atoms with Crippen molar-refractivity contribution in [2.45, 2.75) is 32.1 Å². The maximum Gasteiger partial charge on any atom is 0.337 e. The van der Waals surface area contributed by atoms with Gasteiger partial charge in [-0.3, -0.25) is 9.52 Å². The van der Waals surface area contributed by atoms with Gasteiger partial charge in [0.25, 0.3) is 0 Å². The van der Waals surface area contributed by atoms with E-state index in [2.05, 4.69) is 9.46 Å².